The lowest BCUT2D eigenvalue weighted by molar-refractivity contribution is -0.136. The first-order valence-corrected chi connectivity index (χ1v) is 11.4. The predicted molar refractivity (Wildman–Crippen MR) is 125 cm³/mol. The molecule has 7 heteroatoms. The van der Waals surface area contributed by atoms with Gasteiger partial charge < -0.3 is 15.2 Å². The van der Waals surface area contributed by atoms with Crippen LogP contribution in [-0.4, -0.2) is 40.7 Å². The number of imide groups is 1. The molecule has 2 aromatic rings. The Hall–Kier alpha value is -3.35. The van der Waals surface area contributed by atoms with Crippen molar-refractivity contribution in [2.24, 2.45) is 17.8 Å². The second-order valence-electron chi connectivity index (χ2n) is 8.91. The molecule has 3 atom stereocenters. The number of benzene rings is 2. The number of carbonyl (C=O) groups excluding carboxylic acids is 2. The molecule has 0 radical (unpaired) electrons. The molecule has 0 saturated carbocycles. The van der Waals surface area contributed by atoms with Crippen molar-refractivity contribution < 1.29 is 24.2 Å². The van der Waals surface area contributed by atoms with Gasteiger partial charge in [0.05, 0.1) is 12.0 Å². The highest BCUT2D eigenvalue weighted by atomic mass is 16.6. The molecule has 1 saturated heterocycles. The van der Waals surface area contributed by atoms with E-state index >= 15 is 0 Å². The molecule has 1 aliphatic heterocycles. The number of amides is 3. The molecule has 33 heavy (non-hydrogen) atoms. The Balaban J connectivity index is 2.15. The predicted octanol–water partition coefficient (Wildman–Crippen LogP) is 4.86. The van der Waals surface area contributed by atoms with E-state index in [0.717, 1.165) is 11.1 Å². The molecule has 0 unspecified atom stereocenters. The topological polar surface area (TPSA) is 95.9 Å². The van der Waals surface area contributed by atoms with Crippen molar-refractivity contribution in [1.82, 2.24) is 10.2 Å². The van der Waals surface area contributed by atoms with Crippen LogP contribution >= 0.6 is 0 Å². The van der Waals surface area contributed by atoms with Crippen molar-refractivity contribution in [1.29, 1.82) is 0 Å². The molecule has 176 valence electrons. The highest BCUT2D eigenvalue weighted by Crippen LogP contribution is 2.47. The van der Waals surface area contributed by atoms with E-state index in [-0.39, 0.29) is 18.4 Å². The van der Waals surface area contributed by atoms with Gasteiger partial charge in [-0.2, -0.15) is 0 Å². The molecule has 3 amide bonds. The average Bonchev–Trinajstić information content (AvgIpc) is 3.14. The summed E-state index contributed by atoms with van der Waals surface area (Å²) in [6.07, 6.45) is -1.26. The van der Waals surface area contributed by atoms with Gasteiger partial charge in [0.15, 0.2) is 5.60 Å². The van der Waals surface area contributed by atoms with Crippen LogP contribution in [0.3, 0.4) is 0 Å². The van der Waals surface area contributed by atoms with Crippen LogP contribution in [-0.2, 0) is 15.1 Å². The summed E-state index contributed by atoms with van der Waals surface area (Å²) >= 11 is 0. The van der Waals surface area contributed by atoms with E-state index in [4.69, 9.17) is 9.84 Å². The first-order valence-electron chi connectivity index (χ1n) is 11.4. The van der Waals surface area contributed by atoms with Crippen molar-refractivity contribution in [3.05, 3.63) is 71.8 Å². The number of ether oxygens (including phenoxy) is 1. The Kier molecular flexibility index (Phi) is 7.41. The first kappa shape index (κ1) is 24.3. The summed E-state index contributed by atoms with van der Waals surface area (Å²) < 4.78 is 6.15. The molecule has 3 rings (SSSR count). The van der Waals surface area contributed by atoms with Crippen molar-refractivity contribution in [3.8, 4) is 0 Å². The lowest BCUT2D eigenvalue weighted by atomic mass is 9.75. The molecular weight excluding hydrogens is 420 g/mol. The van der Waals surface area contributed by atoms with Gasteiger partial charge in [-0.3, -0.25) is 4.79 Å². The molecule has 7 nitrogen and oxygen atoms in total. The van der Waals surface area contributed by atoms with Crippen molar-refractivity contribution in [2.75, 3.05) is 6.54 Å². The summed E-state index contributed by atoms with van der Waals surface area (Å²) in [4.78, 5) is 39.6. The third kappa shape index (κ3) is 4.58. The molecular formula is C26H32N2O5. The monoisotopic (exact) mass is 452 g/mol. The van der Waals surface area contributed by atoms with Gasteiger partial charge in [0.2, 0.25) is 5.91 Å². The molecule has 0 bridgehead atoms. The Labute approximate surface area is 194 Å². The van der Waals surface area contributed by atoms with Gasteiger partial charge in [0.25, 0.3) is 0 Å². The highest BCUT2D eigenvalue weighted by Gasteiger charge is 2.60. The minimum atomic E-state index is -1.21. The van der Waals surface area contributed by atoms with E-state index in [1.54, 1.807) is 0 Å². The quantitative estimate of drug-likeness (QED) is 0.596. The van der Waals surface area contributed by atoms with Crippen LogP contribution in [0, 0.1) is 17.8 Å². The smallest absolute Gasteiger partial charge is 0.418 e. The molecule has 1 heterocycles. The third-order valence-electron chi connectivity index (χ3n) is 6.54. The van der Waals surface area contributed by atoms with Crippen LogP contribution in [0.5, 0.6) is 0 Å². The van der Waals surface area contributed by atoms with Gasteiger partial charge in [0.1, 0.15) is 0 Å². The van der Waals surface area contributed by atoms with Gasteiger partial charge in [-0.15, -0.1) is 0 Å². The van der Waals surface area contributed by atoms with Gasteiger partial charge in [0, 0.05) is 17.7 Å². The maximum Gasteiger partial charge on any atom is 0.418 e. The summed E-state index contributed by atoms with van der Waals surface area (Å²) in [5, 5.41) is 11.4. The zero-order valence-corrected chi connectivity index (χ0v) is 19.5. The molecule has 0 aromatic heterocycles. The SMILES string of the molecule is CC[C@H](C)[C@@H](CNC(=O)O)C(=O)N1C(=O)OC(c2ccccc2)(c2ccccc2)[C@H]1C(C)C. The maximum atomic E-state index is 13.8. The molecule has 0 aliphatic carbocycles. The number of nitrogens with zero attached hydrogens (tertiary/aromatic N) is 1. The minimum Gasteiger partial charge on any atom is -0.465 e. The molecule has 0 spiro atoms. The zero-order valence-electron chi connectivity index (χ0n) is 19.5. The Morgan fingerprint density at radius 3 is 1.97 bits per heavy atom. The lowest BCUT2D eigenvalue weighted by Crippen LogP contribution is -2.53. The molecule has 1 fully saturated rings. The summed E-state index contributed by atoms with van der Waals surface area (Å²) in [5.74, 6) is -1.38. The van der Waals surface area contributed by atoms with Crippen LogP contribution in [0.15, 0.2) is 60.7 Å². The fourth-order valence-corrected chi connectivity index (χ4v) is 4.73. The van der Waals surface area contributed by atoms with E-state index in [9.17, 15) is 14.4 Å². The second-order valence-corrected chi connectivity index (χ2v) is 8.91. The van der Waals surface area contributed by atoms with Crippen molar-refractivity contribution in [2.45, 2.75) is 45.8 Å². The van der Waals surface area contributed by atoms with Crippen LogP contribution in [0.4, 0.5) is 9.59 Å². The lowest BCUT2D eigenvalue weighted by Gasteiger charge is -2.38. The number of hydrogen-bond donors (Lipinski definition) is 2. The van der Waals surface area contributed by atoms with E-state index in [1.807, 2.05) is 88.4 Å². The van der Waals surface area contributed by atoms with Crippen molar-refractivity contribution >= 4 is 18.1 Å². The van der Waals surface area contributed by atoms with Gasteiger partial charge in [-0.25, -0.2) is 14.5 Å². The summed E-state index contributed by atoms with van der Waals surface area (Å²) in [6, 6.07) is 18.3. The van der Waals surface area contributed by atoms with Crippen LogP contribution in [0.2, 0.25) is 0 Å². The van der Waals surface area contributed by atoms with E-state index in [0.29, 0.717) is 6.42 Å². The zero-order chi connectivity index (χ0) is 24.2. The minimum absolute atomic E-state index is 0.0680. The number of rotatable bonds is 8. The van der Waals surface area contributed by atoms with E-state index in [2.05, 4.69) is 5.32 Å². The number of hydrogen-bond acceptors (Lipinski definition) is 4. The fourth-order valence-electron chi connectivity index (χ4n) is 4.73. The number of carbonyl (C=O) groups is 3. The Bertz CT molecular complexity index is 937. The molecule has 1 aliphatic rings. The van der Waals surface area contributed by atoms with Crippen LogP contribution in [0.25, 0.3) is 0 Å². The first-order chi connectivity index (χ1) is 15.7. The van der Waals surface area contributed by atoms with Crippen LogP contribution < -0.4 is 5.32 Å². The Morgan fingerprint density at radius 2 is 1.55 bits per heavy atom. The standard InChI is InChI=1S/C26H32N2O5/c1-5-18(4)21(16-27-24(30)31)23(29)28-22(17(2)3)26(33-25(28)32,19-12-8-6-9-13-19)20-14-10-7-11-15-20/h6-15,17-18,21-22,27H,5,16H2,1-4H3,(H,30,31)/t18-,21+,22+/m0/s1. The van der Waals surface area contributed by atoms with E-state index < -0.39 is 35.7 Å². The normalized spacial score (nSPS) is 19.1. The van der Waals surface area contributed by atoms with Crippen molar-refractivity contribution in [3.63, 3.8) is 0 Å². The highest BCUT2D eigenvalue weighted by molar-refractivity contribution is 5.96. The number of cyclic esters (lactones) is 1. The molecule has 2 aromatic carbocycles. The summed E-state index contributed by atoms with van der Waals surface area (Å²) in [6.45, 7) is 7.68. The van der Waals surface area contributed by atoms with Gasteiger partial charge in [-0.05, 0) is 11.8 Å². The average molecular weight is 453 g/mol. The van der Waals surface area contributed by atoms with E-state index in [1.165, 1.54) is 4.90 Å². The number of carboxylic acid groups (broad SMARTS) is 1. The molecule has 2 N–H and O–H groups in total. The van der Waals surface area contributed by atoms with Gasteiger partial charge in [-0.1, -0.05) is 94.8 Å². The van der Waals surface area contributed by atoms with Gasteiger partial charge >= 0.3 is 12.2 Å². The number of nitrogens with one attached hydrogen (secondary N) is 1. The largest absolute Gasteiger partial charge is 0.465 e. The summed E-state index contributed by atoms with van der Waals surface area (Å²) in [7, 11) is 0. The van der Waals surface area contributed by atoms with Crippen LogP contribution in [0.1, 0.15) is 45.2 Å². The summed E-state index contributed by atoms with van der Waals surface area (Å²) in [5.41, 5.74) is 0.383. The Morgan fingerprint density at radius 1 is 1.03 bits per heavy atom. The second kappa shape index (κ2) is 10.1. The fraction of sp³-hybridized carbons (Fsp3) is 0.423. The third-order valence-corrected chi connectivity index (χ3v) is 6.54. The maximum absolute atomic E-state index is 13.8.